The Morgan fingerprint density at radius 2 is 2.11 bits per heavy atom. The summed E-state index contributed by atoms with van der Waals surface area (Å²) in [6, 6.07) is 7.98. The van der Waals surface area contributed by atoms with Crippen molar-refractivity contribution in [1.82, 2.24) is 4.90 Å². The van der Waals surface area contributed by atoms with Crippen molar-refractivity contribution in [2.45, 2.75) is 19.8 Å². The molecule has 0 aliphatic carbocycles. The smallest absolute Gasteiger partial charge is 0.243 e. The first-order chi connectivity index (χ1) is 8.90. The minimum atomic E-state index is -0.0827. The normalized spacial score (nSPS) is 11.5. The molecule has 1 amide bonds. The first-order valence-corrected chi connectivity index (χ1v) is 6.27. The molecule has 0 atom stereocenters. The van der Waals surface area contributed by atoms with Gasteiger partial charge in [-0.1, -0.05) is 26.0 Å². The number of hydrogen-bond donors (Lipinski definition) is 2. The standard InChI is InChI=1S/C14H22N4O/c1-10(2)11-6-5-7-12(8-11)17-14(15)16-9-13(19)18(3)4/h5-8,10H,9H2,1-4H3,(H3,15,16,17). The van der Waals surface area contributed by atoms with Crippen molar-refractivity contribution in [3.8, 4) is 0 Å². The summed E-state index contributed by atoms with van der Waals surface area (Å²) in [5, 5.41) is 2.99. The molecule has 1 aromatic carbocycles. The molecular weight excluding hydrogens is 240 g/mol. The van der Waals surface area contributed by atoms with E-state index in [-0.39, 0.29) is 18.4 Å². The van der Waals surface area contributed by atoms with Crippen LogP contribution in [0.15, 0.2) is 29.3 Å². The molecule has 0 heterocycles. The van der Waals surface area contributed by atoms with Crippen LogP contribution in [-0.2, 0) is 4.79 Å². The minimum Gasteiger partial charge on any atom is -0.370 e. The van der Waals surface area contributed by atoms with Gasteiger partial charge in [0.15, 0.2) is 5.96 Å². The number of nitrogens with one attached hydrogen (secondary N) is 1. The molecule has 104 valence electrons. The summed E-state index contributed by atoms with van der Waals surface area (Å²) in [4.78, 5) is 16.9. The number of carbonyl (C=O) groups is 1. The zero-order chi connectivity index (χ0) is 14.4. The number of anilines is 1. The van der Waals surface area contributed by atoms with E-state index in [0.717, 1.165) is 5.69 Å². The summed E-state index contributed by atoms with van der Waals surface area (Å²) in [5.74, 6) is 0.618. The van der Waals surface area contributed by atoms with Gasteiger partial charge in [-0.25, -0.2) is 4.99 Å². The third kappa shape index (κ3) is 4.99. The summed E-state index contributed by atoms with van der Waals surface area (Å²) >= 11 is 0. The first-order valence-electron chi connectivity index (χ1n) is 6.27. The van der Waals surface area contributed by atoms with Crippen LogP contribution in [0.2, 0.25) is 0 Å². The Hall–Kier alpha value is -2.04. The molecule has 0 spiro atoms. The topological polar surface area (TPSA) is 70.7 Å². The number of likely N-dealkylation sites (N-methyl/N-ethyl adjacent to an activating group) is 1. The lowest BCUT2D eigenvalue weighted by molar-refractivity contribution is -0.127. The monoisotopic (exact) mass is 262 g/mol. The third-order valence-electron chi connectivity index (χ3n) is 2.71. The van der Waals surface area contributed by atoms with E-state index in [4.69, 9.17) is 5.73 Å². The molecule has 0 unspecified atom stereocenters. The quantitative estimate of drug-likeness (QED) is 0.640. The van der Waals surface area contributed by atoms with E-state index in [0.29, 0.717) is 5.92 Å². The van der Waals surface area contributed by atoms with Gasteiger partial charge in [0.25, 0.3) is 0 Å². The number of nitrogens with two attached hydrogens (primary N) is 1. The lowest BCUT2D eigenvalue weighted by atomic mass is 10.0. The van der Waals surface area contributed by atoms with Crippen LogP contribution in [-0.4, -0.2) is 37.4 Å². The third-order valence-corrected chi connectivity index (χ3v) is 2.71. The number of aliphatic imine (C=N–C) groups is 1. The van der Waals surface area contributed by atoms with Crippen LogP contribution in [0.4, 0.5) is 5.69 Å². The number of hydrogen-bond acceptors (Lipinski definition) is 2. The molecular formula is C14H22N4O. The van der Waals surface area contributed by atoms with Gasteiger partial charge in [-0.15, -0.1) is 0 Å². The molecule has 5 nitrogen and oxygen atoms in total. The van der Waals surface area contributed by atoms with Crippen molar-refractivity contribution in [1.29, 1.82) is 0 Å². The molecule has 0 radical (unpaired) electrons. The Morgan fingerprint density at radius 1 is 1.42 bits per heavy atom. The highest BCUT2D eigenvalue weighted by Crippen LogP contribution is 2.18. The Balaban J connectivity index is 2.66. The Kier molecular flexibility index (Phi) is 5.36. The summed E-state index contributed by atoms with van der Waals surface area (Å²) in [5.41, 5.74) is 7.85. The summed E-state index contributed by atoms with van der Waals surface area (Å²) in [6.07, 6.45) is 0. The van der Waals surface area contributed by atoms with Crippen LogP contribution in [0.5, 0.6) is 0 Å². The number of amides is 1. The molecule has 1 rings (SSSR count). The highest BCUT2D eigenvalue weighted by Gasteiger charge is 2.04. The van der Waals surface area contributed by atoms with Gasteiger partial charge in [0.2, 0.25) is 5.91 Å². The molecule has 5 heteroatoms. The van der Waals surface area contributed by atoms with Crippen LogP contribution >= 0.6 is 0 Å². The van der Waals surface area contributed by atoms with Crippen molar-refractivity contribution in [3.05, 3.63) is 29.8 Å². The summed E-state index contributed by atoms with van der Waals surface area (Å²) in [7, 11) is 3.38. The molecule has 0 aromatic heterocycles. The van der Waals surface area contributed by atoms with Gasteiger partial charge in [-0.3, -0.25) is 4.79 Å². The van der Waals surface area contributed by atoms with E-state index >= 15 is 0 Å². The zero-order valence-corrected chi connectivity index (χ0v) is 12.0. The molecule has 0 bridgehead atoms. The largest absolute Gasteiger partial charge is 0.370 e. The molecule has 19 heavy (non-hydrogen) atoms. The van der Waals surface area contributed by atoms with E-state index in [2.05, 4.69) is 30.2 Å². The lowest BCUT2D eigenvalue weighted by Gasteiger charge is -2.11. The Bertz CT molecular complexity index is 466. The van der Waals surface area contributed by atoms with Gasteiger partial charge in [-0.2, -0.15) is 0 Å². The summed E-state index contributed by atoms with van der Waals surface area (Å²) < 4.78 is 0. The van der Waals surface area contributed by atoms with Gasteiger partial charge >= 0.3 is 0 Å². The van der Waals surface area contributed by atoms with Crippen LogP contribution in [0, 0.1) is 0 Å². The van der Waals surface area contributed by atoms with E-state index in [1.54, 1.807) is 14.1 Å². The Labute approximate surface area is 114 Å². The van der Waals surface area contributed by atoms with E-state index in [9.17, 15) is 4.79 Å². The maximum absolute atomic E-state index is 11.4. The SMILES string of the molecule is CC(C)c1cccc(NC(N)=NCC(=O)N(C)C)c1. The van der Waals surface area contributed by atoms with Crippen LogP contribution in [0.3, 0.4) is 0 Å². The van der Waals surface area contributed by atoms with Gasteiger partial charge < -0.3 is 16.0 Å². The molecule has 1 aromatic rings. The molecule has 0 saturated heterocycles. The van der Waals surface area contributed by atoms with E-state index < -0.39 is 0 Å². The van der Waals surface area contributed by atoms with Crippen LogP contribution in [0.1, 0.15) is 25.3 Å². The number of rotatable bonds is 4. The molecule has 0 aliphatic rings. The van der Waals surface area contributed by atoms with Gasteiger partial charge in [-0.05, 0) is 23.6 Å². The van der Waals surface area contributed by atoms with Crippen molar-refractivity contribution in [2.75, 3.05) is 26.0 Å². The lowest BCUT2D eigenvalue weighted by Crippen LogP contribution is -2.28. The fourth-order valence-corrected chi connectivity index (χ4v) is 1.46. The highest BCUT2D eigenvalue weighted by molar-refractivity contribution is 5.93. The minimum absolute atomic E-state index is 0.0513. The fraction of sp³-hybridized carbons (Fsp3) is 0.429. The van der Waals surface area contributed by atoms with Crippen LogP contribution in [0.25, 0.3) is 0 Å². The van der Waals surface area contributed by atoms with Gasteiger partial charge in [0, 0.05) is 19.8 Å². The summed E-state index contributed by atoms with van der Waals surface area (Å²) in [6.45, 7) is 4.31. The highest BCUT2D eigenvalue weighted by atomic mass is 16.2. The predicted octanol–water partition coefficient (Wildman–Crippen LogP) is 1.62. The molecule has 0 aliphatic heterocycles. The fourth-order valence-electron chi connectivity index (χ4n) is 1.46. The zero-order valence-electron chi connectivity index (χ0n) is 12.0. The number of nitrogens with zero attached hydrogens (tertiary/aromatic N) is 2. The average Bonchev–Trinajstić information content (AvgIpc) is 2.36. The molecule has 0 fully saturated rings. The van der Waals surface area contributed by atoms with Crippen molar-refractivity contribution < 1.29 is 4.79 Å². The van der Waals surface area contributed by atoms with Gasteiger partial charge in [0.1, 0.15) is 6.54 Å². The molecule has 0 saturated carbocycles. The number of guanidine groups is 1. The van der Waals surface area contributed by atoms with E-state index in [1.807, 2.05) is 18.2 Å². The van der Waals surface area contributed by atoms with E-state index in [1.165, 1.54) is 10.5 Å². The number of benzene rings is 1. The second-order valence-corrected chi connectivity index (χ2v) is 4.89. The second-order valence-electron chi connectivity index (χ2n) is 4.89. The average molecular weight is 262 g/mol. The van der Waals surface area contributed by atoms with Crippen LogP contribution < -0.4 is 11.1 Å². The first kappa shape index (κ1) is 15.0. The maximum Gasteiger partial charge on any atom is 0.243 e. The number of carbonyl (C=O) groups excluding carboxylic acids is 1. The second kappa shape index (κ2) is 6.78. The predicted molar refractivity (Wildman–Crippen MR) is 79.3 cm³/mol. The van der Waals surface area contributed by atoms with Gasteiger partial charge in [0.05, 0.1) is 0 Å². The van der Waals surface area contributed by atoms with Crippen molar-refractivity contribution >= 4 is 17.6 Å². The van der Waals surface area contributed by atoms with Crippen molar-refractivity contribution in [2.24, 2.45) is 10.7 Å². The maximum atomic E-state index is 11.4. The Morgan fingerprint density at radius 3 is 2.68 bits per heavy atom. The molecule has 3 N–H and O–H groups in total. The van der Waals surface area contributed by atoms with Crippen molar-refractivity contribution in [3.63, 3.8) is 0 Å².